The zero-order chi connectivity index (χ0) is 22.4. The molecule has 29 heavy (non-hydrogen) atoms. The summed E-state index contributed by atoms with van der Waals surface area (Å²) in [6.45, 7) is 6.45. The van der Waals surface area contributed by atoms with Gasteiger partial charge in [-0.05, 0) is 59.3 Å². The Morgan fingerprint density at radius 1 is 0.793 bits per heavy atom. The summed E-state index contributed by atoms with van der Waals surface area (Å²) < 4.78 is -0.551. The molecule has 0 rings (SSSR count). The molecule has 7 nitrogen and oxygen atoms in total. The van der Waals surface area contributed by atoms with E-state index in [0.717, 1.165) is 32.1 Å². The number of carboxylic acid groups (broad SMARTS) is 3. The van der Waals surface area contributed by atoms with Gasteiger partial charge in [0.1, 0.15) is 6.04 Å². The number of quaternary nitrogens is 1. The lowest BCUT2D eigenvalue weighted by atomic mass is 10.00. The van der Waals surface area contributed by atoms with E-state index in [0.29, 0.717) is 6.42 Å². The molecule has 0 spiro atoms. The molecule has 0 aliphatic rings. The minimum atomic E-state index is -1.43. The van der Waals surface area contributed by atoms with Crippen molar-refractivity contribution in [1.82, 2.24) is 0 Å². The second-order valence-electron chi connectivity index (χ2n) is 7.91. The predicted octanol–water partition coefficient (Wildman–Crippen LogP) is 2.97. The number of rotatable bonds is 17. The van der Waals surface area contributed by atoms with Gasteiger partial charge in [0.2, 0.25) is 0 Å². The highest BCUT2D eigenvalue weighted by Crippen LogP contribution is 2.27. The van der Waals surface area contributed by atoms with Crippen molar-refractivity contribution in [1.29, 1.82) is 0 Å². The van der Waals surface area contributed by atoms with E-state index in [4.69, 9.17) is 0 Å². The average molecular weight is 414 g/mol. The minimum absolute atomic E-state index is 0.170. The molecule has 0 aromatic heterocycles. The minimum Gasteiger partial charge on any atom is -0.544 e. The molecule has 2 N–H and O–H groups in total. The molecular weight excluding hydrogens is 374 g/mol. The summed E-state index contributed by atoms with van der Waals surface area (Å²) >= 11 is 0. The quantitative estimate of drug-likeness (QED) is 0.215. The summed E-state index contributed by atoms with van der Waals surface area (Å²) in [5.41, 5.74) is 0. The lowest BCUT2D eigenvalue weighted by Crippen LogP contribution is -2.72. The van der Waals surface area contributed by atoms with Gasteiger partial charge in [-0.1, -0.05) is 38.3 Å². The molecule has 0 aliphatic heterocycles. The van der Waals surface area contributed by atoms with Crippen molar-refractivity contribution in [3.8, 4) is 0 Å². The first-order valence-electron chi connectivity index (χ1n) is 10.8. The molecule has 0 bridgehead atoms. The summed E-state index contributed by atoms with van der Waals surface area (Å²) in [6, 6.07) is -3.57. The maximum absolute atomic E-state index is 11.7. The average Bonchev–Trinajstić information content (AvgIpc) is 2.67. The van der Waals surface area contributed by atoms with Gasteiger partial charge in [-0.25, -0.2) is 9.59 Å². The summed E-state index contributed by atoms with van der Waals surface area (Å²) in [6.07, 6.45) is 13.5. The number of carbonyl (C=O) groups excluding carboxylic acids is 1. The lowest BCUT2D eigenvalue weighted by Gasteiger charge is -2.49. The van der Waals surface area contributed by atoms with Crippen LogP contribution in [0.25, 0.3) is 0 Å². The summed E-state index contributed by atoms with van der Waals surface area (Å²) in [5.74, 6) is -3.85. The van der Waals surface area contributed by atoms with Crippen molar-refractivity contribution in [2.75, 3.05) is 6.54 Å². The Bertz CT molecular complexity index is 495. The van der Waals surface area contributed by atoms with Crippen molar-refractivity contribution in [2.45, 2.75) is 104 Å². The first-order valence-corrected chi connectivity index (χ1v) is 10.8. The van der Waals surface area contributed by atoms with Crippen LogP contribution in [0.1, 0.15) is 85.5 Å². The molecule has 0 radical (unpaired) electrons. The predicted molar refractivity (Wildman–Crippen MR) is 110 cm³/mol. The fraction of sp³-hybridized carbons (Fsp3) is 0.773. The van der Waals surface area contributed by atoms with Crippen LogP contribution in [0.4, 0.5) is 0 Å². The fourth-order valence-corrected chi connectivity index (χ4v) is 3.94. The van der Waals surface area contributed by atoms with Gasteiger partial charge in [-0.3, -0.25) is 4.48 Å². The molecule has 0 aliphatic carbocycles. The van der Waals surface area contributed by atoms with E-state index < -0.39 is 40.5 Å². The topological polar surface area (TPSA) is 115 Å². The van der Waals surface area contributed by atoms with Crippen LogP contribution in [-0.4, -0.2) is 57.3 Å². The van der Waals surface area contributed by atoms with Crippen molar-refractivity contribution >= 4 is 17.9 Å². The van der Waals surface area contributed by atoms with Gasteiger partial charge in [0.05, 0.1) is 12.5 Å². The fourth-order valence-electron chi connectivity index (χ4n) is 3.94. The van der Waals surface area contributed by atoms with Crippen LogP contribution in [-0.2, 0) is 14.4 Å². The molecule has 0 amide bonds. The maximum atomic E-state index is 11.7. The Kier molecular flexibility index (Phi) is 13.2. The van der Waals surface area contributed by atoms with Crippen LogP contribution in [0, 0.1) is 0 Å². The number of carboxylic acids is 3. The highest BCUT2D eigenvalue weighted by Gasteiger charge is 2.50. The molecule has 0 saturated heterocycles. The maximum Gasteiger partial charge on any atom is 0.362 e. The van der Waals surface area contributed by atoms with Gasteiger partial charge in [0.15, 0.2) is 12.1 Å². The zero-order valence-corrected chi connectivity index (χ0v) is 18.4. The third-order valence-electron chi connectivity index (χ3n) is 6.03. The smallest absolute Gasteiger partial charge is 0.362 e. The highest BCUT2D eigenvalue weighted by molar-refractivity contribution is 5.76. The van der Waals surface area contributed by atoms with Gasteiger partial charge in [0.25, 0.3) is 0 Å². The van der Waals surface area contributed by atoms with Gasteiger partial charge in [-0.15, -0.1) is 0 Å². The lowest BCUT2D eigenvalue weighted by molar-refractivity contribution is -0.969. The molecule has 168 valence electrons. The molecule has 0 saturated carbocycles. The van der Waals surface area contributed by atoms with Crippen molar-refractivity contribution < 1.29 is 34.2 Å². The van der Waals surface area contributed by atoms with Crippen molar-refractivity contribution in [3.63, 3.8) is 0 Å². The van der Waals surface area contributed by atoms with Crippen molar-refractivity contribution in [3.05, 3.63) is 12.2 Å². The van der Waals surface area contributed by atoms with Crippen molar-refractivity contribution in [2.24, 2.45) is 0 Å². The third-order valence-corrected chi connectivity index (χ3v) is 6.03. The summed E-state index contributed by atoms with van der Waals surface area (Å²) in [4.78, 5) is 34.9. The third kappa shape index (κ3) is 8.56. The largest absolute Gasteiger partial charge is 0.544 e. The molecular formula is C22H39NO6. The van der Waals surface area contributed by atoms with E-state index in [9.17, 15) is 29.7 Å². The van der Waals surface area contributed by atoms with Crippen LogP contribution >= 0.6 is 0 Å². The first-order chi connectivity index (χ1) is 13.6. The summed E-state index contributed by atoms with van der Waals surface area (Å²) in [5, 5.41) is 30.6. The molecule has 3 atom stereocenters. The van der Waals surface area contributed by atoms with E-state index in [2.05, 4.69) is 19.1 Å². The molecule has 7 heteroatoms. The van der Waals surface area contributed by atoms with E-state index >= 15 is 0 Å². The Balaban J connectivity index is 4.88. The molecule has 0 aromatic carbocycles. The second-order valence-corrected chi connectivity index (χ2v) is 7.91. The van der Waals surface area contributed by atoms with Gasteiger partial charge in [-0.2, -0.15) is 0 Å². The standard InChI is InChI=1S/C22H39NO6/c1-5-6-7-8-9-10-11-12-13-14-15-16-23(17(2)20(24)25,18(3)21(26)27)19(4)22(28)29/h9-10,17-19H,5-8,11-16H2,1-4H3,(H2-,24,25,26,27,28,29)/b10-9+. The molecule has 0 heterocycles. The number of hydrogen-bond donors (Lipinski definition) is 2. The van der Waals surface area contributed by atoms with E-state index in [-0.39, 0.29) is 6.54 Å². The molecule has 3 unspecified atom stereocenters. The second kappa shape index (κ2) is 14.1. The number of hydrogen-bond acceptors (Lipinski definition) is 4. The van der Waals surface area contributed by atoms with Crippen LogP contribution in [0.5, 0.6) is 0 Å². The van der Waals surface area contributed by atoms with E-state index in [1.807, 2.05) is 0 Å². The van der Waals surface area contributed by atoms with Crippen LogP contribution < -0.4 is 5.11 Å². The van der Waals surface area contributed by atoms with Crippen LogP contribution in [0.15, 0.2) is 12.2 Å². The van der Waals surface area contributed by atoms with Crippen LogP contribution in [0.2, 0.25) is 0 Å². The number of unbranched alkanes of at least 4 members (excludes halogenated alkanes) is 7. The number of allylic oxidation sites excluding steroid dienone is 2. The Morgan fingerprint density at radius 2 is 1.24 bits per heavy atom. The zero-order valence-electron chi connectivity index (χ0n) is 18.4. The molecule has 0 aromatic rings. The van der Waals surface area contributed by atoms with E-state index in [1.54, 1.807) is 0 Å². The monoisotopic (exact) mass is 413 g/mol. The summed E-state index contributed by atoms with van der Waals surface area (Å²) in [7, 11) is 0. The van der Waals surface area contributed by atoms with E-state index in [1.165, 1.54) is 40.0 Å². The number of carbonyl (C=O) groups is 3. The van der Waals surface area contributed by atoms with Gasteiger partial charge in [0, 0.05) is 0 Å². The van der Waals surface area contributed by atoms with Gasteiger partial charge >= 0.3 is 11.9 Å². The Labute approximate surface area is 175 Å². The normalized spacial score (nSPS) is 16.8. The number of nitrogens with zero attached hydrogens (tertiary/aromatic N) is 1. The van der Waals surface area contributed by atoms with Crippen LogP contribution in [0.3, 0.4) is 0 Å². The Morgan fingerprint density at radius 3 is 1.66 bits per heavy atom. The first kappa shape index (κ1) is 27.1. The molecule has 0 fully saturated rings. The highest BCUT2D eigenvalue weighted by atomic mass is 16.4. The SMILES string of the molecule is CCCCC/C=C/CCCCCC[N+](C(C)C(=O)[O-])(C(C)C(=O)O)C(C)C(=O)O. The van der Waals surface area contributed by atoms with Gasteiger partial charge < -0.3 is 20.1 Å². The Hall–Kier alpha value is -1.89. The number of aliphatic carboxylic acids is 3.